The Morgan fingerprint density at radius 3 is 2.58 bits per heavy atom. The van der Waals surface area contributed by atoms with E-state index < -0.39 is 16.0 Å². The van der Waals surface area contributed by atoms with Crippen LogP contribution in [0.1, 0.15) is 10.4 Å². The number of halogens is 2. The maximum Gasteiger partial charge on any atom is 0.339 e. The number of rotatable bonds is 5. The molecule has 0 aliphatic heterocycles. The van der Waals surface area contributed by atoms with Gasteiger partial charge in [0.15, 0.2) is 0 Å². The minimum absolute atomic E-state index is 0.0306. The molecule has 0 saturated carbocycles. The number of primary sulfonamides is 1. The molecule has 0 aliphatic carbocycles. The molecule has 0 aliphatic rings. The normalized spacial score (nSPS) is 11.4. The van der Waals surface area contributed by atoms with E-state index in [4.69, 9.17) is 26.2 Å². The Balaban J connectivity index is 3.13. The highest BCUT2D eigenvalue weighted by Crippen LogP contribution is 2.30. The molecule has 0 atom stereocenters. The largest absolute Gasteiger partial charge is 0.460 e. The molecule has 0 spiro atoms. The second-order valence-corrected chi connectivity index (χ2v) is 6.23. The van der Waals surface area contributed by atoms with Gasteiger partial charge >= 0.3 is 5.97 Å². The van der Waals surface area contributed by atoms with Crippen molar-refractivity contribution in [3.63, 3.8) is 0 Å². The number of hydrogen-bond acceptors (Lipinski definition) is 5. The van der Waals surface area contributed by atoms with Gasteiger partial charge in [0.1, 0.15) is 6.61 Å². The Bertz CT molecular complexity index is 590. The van der Waals surface area contributed by atoms with Crippen LogP contribution < -0.4 is 5.14 Å². The zero-order chi connectivity index (χ0) is 14.6. The molecular weight excluding hydrogens is 362 g/mol. The molecule has 0 amide bonds. The maximum atomic E-state index is 11.8. The lowest BCUT2D eigenvalue weighted by atomic mass is 10.2. The van der Waals surface area contributed by atoms with Crippen molar-refractivity contribution < 1.29 is 22.7 Å². The van der Waals surface area contributed by atoms with Crippen LogP contribution in [0.4, 0.5) is 0 Å². The Hall–Kier alpha value is -0.670. The highest BCUT2D eigenvalue weighted by atomic mass is 79.9. The van der Waals surface area contributed by atoms with Gasteiger partial charge < -0.3 is 9.47 Å². The van der Waals surface area contributed by atoms with Crippen LogP contribution in [0.2, 0.25) is 5.02 Å². The molecule has 0 radical (unpaired) electrons. The summed E-state index contributed by atoms with van der Waals surface area (Å²) in [5.74, 6) is -0.756. The standard InChI is InChI=1S/C10H11BrClNO5S/c1-17-2-3-18-10(14)7-4-6(19(13,15)16)5-8(11)9(7)12/h4-5H,2-3H2,1H3,(H2,13,15,16). The topological polar surface area (TPSA) is 95.7 Å². The van der Waals surface area contributed by atoms with Gasteiger partial charge in [-0.25, -0.2) is 18.4 Å². The smallest absolute Gasteiger partial charge is 0.339 e. The molecule has 0 heterocycles. The summed E-state index contributed by atoms with van der Waals surface area (Å²) in [6.45, 7) is 0.252. The Labute approximate surface area is 124 Å². The summed E-state index contributed by atoms with van der Waals surface area (Å²) >= 11 is 8.96. The Kier molecular flexibility index (Phi) is 5.75. The van der Waals surface area contributed by atoms with Crippen LogP contribution in [-0.2, 0) is 19.5 Å². The molecule has 0 fully saturated rings. The average molecular weight is 373 g/mol. The fourth-order valence-electron chi connectivity index (χ4n) is 1.17. The van der Waals surface area contributed by atoms with E-state index in [1.807, 2.05) is 0 Å². The molecule has 0 saturated heterocycles. The molecule has 6 nitrogen and oxygen atoms in total. The second kappa shape index (κ2) is 6.67. The lowest BCUT2D eigenvalue weighted by Crippen LogP contribution is -2.15. The number of methoxy groups -OCH3 is 1. The predicted molar refractivity (Wildman–Crippen MR) is 72.7 cm³/mol. The number of esters is 1. The molecule has 19 heavy (non-hydrogen) atoms. The van der Waals surface area contributed by atoms with E-state index in [9.17, 15) is 13.2 Å². The monoisotopic (exact) mass is 371 g/mol. The first kappa shape index (κ1) is 16.4. The number of benzene rings is 1. The number of carbonyl (C=O) groups excluding carboxylic acids is 1. The summed E-state index contributed by atoms with van der Waals surface area (Å²) in [7, 11) is -2.49. The lowest BCUT2D eigenvalue weighted by molar-refractivity contribution is 0.0388. The molecule has 1 aromatic carbocycles. The summed E-state index contributed by atoms with van der Waals surface area (Å²) in [5.41, 5.74) is -0.0869. The van der Waals surface area contributed by atoms with Crippen LogP contribution in [0.5, 0.6) is 0 Å². The number of nitrogens with two attached hydrogens (primary N) is 1. The Morgan fingerprint density at radius 2 is 2.05 bits per heavy atom. The minimum Gasteiger partial charge on any atom is -0.460 e. The van der Waals surface area contributed by atoms with Crippen LogP contribution in [0.3, 0.4) is 0 Å². The summed E-state index contributed by atoms with van der Waals surface area (Å²) in [5, 5.41) is 5.05. The molecule has 2 N–H and O–H groups in total. The van der Waals surface area contributed by atoms with Gasteiger partial charge in [0, 0.05) is 11.6 Å². The summed E-state index contributed by atoms with van der Waals surface area (Å²) in [6, 6.07) is 2.28. The second-order valence-electron chi connectivity index (χ2n) is 3.44. The van der Waals surface area contributed by atoms with E-state index in [1.54, 1.807) is 0 Å². The summed E-state index contributed by atoms with van der Waals surface area (Å²) in [4.78, 5) is 11.5. The summed E-state index contributed by atoms with van der Waals surface area (Å²) in [6.07, 6.45) is 0. The molecule has 0 bridgehead atoms. The minimum atomic E-state index is -3.94. The number of hydrogen-bond donors (Lipinski definition) is 1. The van der Waals surface area contributed by atoms with Crippen LogP contribution in [0.15, 0.2) is 21.5 Å². The van der Waals surface area contributed by atoms with Gasteiger partial charge in [-0.15, -0.1) is 0 Å². The maximum absolute atomic E-state index is 11.8. The van der Waals surface area contributed by atoms with Crippen molar-refractivity contribution in [3.05, 3.63) is 27.2 Å². The third-order valence-corrected chi connectivity index (χ3v) is 4.22. The van der Waals surface area contributed by atoms with Gasteiger partial charge in [0.2, 0.25) is 10.0 Å². The third-order valence-electron chi connectivity index (χ3n) is 2.07. The highest BCUT2D eigenvalue weighted by Gasteiger charge is 2.19. The van der Waals surface area contributed by atoms with Gasteiger partial charge in [-0.2, -0.15) is 0 Å². The highest BCUT2D eigenvalue weighted by molar-refractivity contribution is 9.10. The third kappa shape index (κ3) is 4.43. The molecule has 0 unspecified atom stereocenters. The fourth-order valence-corrected chi connectivity index (χ4v) is 2.53. The van der Waals surface area contributed by atoms with Crippen molar-refractivity contribution >= 4 is 43.5 Å². The van der Waals surface area contributed by atoms with Gasteiger partial charge in [0.25, 0.3) is 0 Å². The van der Waals surface area contributed by atoms with E-state index in [-0.39, 0.29) is 33.2 Å². The molecular formula is C10H11BrClNO5S. The van der Waals surface area contributed by atoms with E-state index in [2.05, 4.69) is 15.9 Å². The summed E-state index contributed by atoms with van der Waals surface area (Å²) < 4.78 is 32.4. The number of sulfonamides is 1. The first-order valence-corrected chi connectivity index (χ1v) is 7.67. The number of carbonyl (C=O) groups is 1. The van der Waals surface area contributed by atoms with Crippen LogP contribution in [0, 0.1) is 0 Å². The predicted octanol–water partition coefficient (Wildman–Crippen LogP) is 1.55. The van der Waals surface area contributed by atoms with E-state index in [0.717, 1.165) is 6.07 Å². The zero-order valence-corrected chi connectivity index (χ0v) is 13.0. The molecule has 106 valence electrons. The van der Waals surface area contributed by atoms with E-state index in [1.165, 1.54) is 13.2 Å². The molecule has 0 aromatic heterocycles. The first-order chi connectivity index (χ1) is 8.77. The Morgan fingerprint density at radius 1 is 1.42 bits per heavy atom. The van der Waals surface area contributed by atoms with E-state index in [0.29, 0.717) is 0 Å². The van der Waals surface area contributed by atoms with Crippen LogP contribution in [-0.4, -0.2) is 34.7 Å². The SMILES string of the molecule is COCCOC(=O)c1cc(S(N)(=O)=O)cc(Br)c1Cl. The van der Waals surface area contributed by atoms with Crippen molar-refractivity contribution in [3.8, 4) is 0 Å². The number of ether oxygens (including phenoxy) is 2. The molecule has 9 heteroatoms. The zero-order valence-electron chi connectivity index (χ0n) is 9.85. The van der Waals surface area contributed by atoms with Crippen LogP contribution in [0.25, 0.3) is 0 Å². The molecule has 1 rings (SSSR count). The fraction of sp³-hybridized carbons (Fsp3) is 0.300. The van der Waals surface area contributed by atoms with E-state index >= 15 is 0 Å². The quantitative estimate of drug-likeness (QED) is 0.625. The lowest BCUT2D eigenvalue weighted by Gasteiger charge is -2.09. The van der Waals surface area contributed by atoms with Crippen LogP contribution >= 0.6 is 27.5 Å². The van der Waals surface area contributed by atoms with Crippen molar-refractivity contribution in [1.82, 2.24) is 0 Å². The van der Waals surface area contributed by atoms with Crippen molar-refractivity contribution in [1.29, 1.82) is 0 Å². The van der Waals surface area contributed by atoms with Gasteiger partial charge in [0.05, 0.1) is 22.1 Å². The van der Waals surface area contributed by atoms with Crippen molar-refractivity contribution in [2.24, 2.45) is 5.14 Å². The van der Waals surface area contributed by atoms with Gasteiger partial charge in [-0.1, -0.05) is 11.6 Å². The first-order valence-electron chi connectivity index (χ1n) is 4.95. The molecule has 1 aromatic rings. The average Bonchev–Trinajstić information content (AvgIpc) is 2.31. The van der Waals surface area contributed by atoms with Crippen molar-refractivity contribution in [2.75, 3.05) is 20.3 Å². The van der Waals surface area contributed by atoms with Crippen molar-refractivity contribution in [2.45, 2.75) is 4.90 Å². The van der Waals surface area contributed by atoms with Gasteiger partial charge in [-0.05, 0) is 28.1 Å². The van der Waals surface area contributed by atoms with Gasteiger partial charge in [-0.3, -0.25) is 0 Å².